The predicted octanol–water partition coefficient (Wildman–Crippen LogP) is 0.825. The fraction of sp³-hybridized carbons (Fsp3) is 0.529. The van der Waals surface area contributed by atoms with E-state index >= 15 is 0 Å². The number of hydrogen-bond acceptors (Lipinski definition) is 4. The number of piperazine rings is 1. The van der Waals surface area contributed by atoms with Gasteiger partial charge in [0.25, 0.3) is 0 Å². The number of nitrogens with one attached hydrogen (secondary N) is 2. The van der Waals surface area contributed by atoms with Crippen LogP contribution >= 0.6 is 0 Å². The topological polar surface area (TPSA) is 64.7 Å². The normalized spacial score (nSPS) is 17.3. The van der Waals surface area contributed by atoms with Crippen molar-refractivity contribution in [1.82, 2.24) is 15.1 Å². The number of anilines is 1. The van der Waals surface area contributed by atoms with Crippen LogP contribution in [-0.4, -0.2) is 67.4 Å². The SMILES string of the molecule is Cc1cc(F)ccc1NC(=O)C(=O)NC[C@@H](C)N1CCN(C)CC1. The van der Waals surface area contributed by atoms with E-state index in [0.29, 0.717) is 17.8 Å². The van der Waals surface area contributed by atoms with Gasteiger partial charge in [-0.25, -0.2) is 4.39 Å². The number of benzene rings is 1. The fourth-order valence-electron chi connectivity index (χ4n) is 2.66. The maximum absolute atomic E-state index is 13.1. The first kappa shape index (κ1) is 18.4. The molecule has 2 N–H and O–H groups in total. The zero-order valence-electron chi connectivity index (χ0n) is 14.4. The van der Waals surface area contributed by atoms with Gasteiger partial charge in [0.15, 0.2) is 0 Å². The summed E-state index contributed by atoms with van der Waals surface area (Å²) in [4.78, 5) is 28.4. The van der Waals surface area contributed by atoms with Crippen LogP contribution in [0, 0.1) is 12.7 Å². The van der Waals surface area contributed by atoms with Gasteiger partial charge in [0.1, 0.15) is 5.82 Å². The van der Waals surface area contributed by atoms with Gasteiger partial charge in [-0.15, -0.1) is 0 Å². The first-order chi connectivity index (χ1) is 11.4. The van der Waals surface area contributed by atoms with Crippen LogP contribution in [-0.2, 0) is 9.59 Å². The lowest BCUT2D eigenvalue weighted by Crippen LogP contribution is -2.52. The summed E-state index contributed by atoms with van der Waals surface area (Å²) in [5, 5.41) is 5.17. The number of amides is 2. The molecule has 0 bridgehead atoms. The molecule has 0 unspecified atom stereocenters. The number of hydrogen-bond donors (Lipinski definition) is 2. The average molecular weight is 336 g/mol. The molecule has 6 nitrogen and oxygen atoms in total. The Morgan fingerprint density at radius 1 is 1.21 bits per heavy atom. The van der Waals surface area contributed by atoms with Crippen LogP contribution in [0.4, 0.5) is 10.1 Å². The molecule has 1 aliphatic heterocycles. The fourth-order valence-corrected chi connectivity index (χ4v) is 2.66. The van der Waals surface area contributed by atoms with E-state index in [1.54, 1.807) is 6.92 Å². The van der Waals surface area contributed by atoms with Gasteiger partial charge in [0, 0.05) is 44.5 Å². The number of aryl methyl sites for hydroxylation is 1. The summed E-state index contributed by atoms with van der Waals surface area (Å²) in [6.07, 6.45) is 0. The highest BCUT2D eigenvalue weighted by Crippen LogP contribution is 2.15. The van der Waals surface area contributed by atoms with E-state index in [1.807, 2.05) is 6.92 Å². The van der Waals surface area contributed by atoms with Crippen molar-refractivity contribution < 1.29 is 14.0 Å². The molecule has 0 radical (unpaired) electrons. The molecule has 24 heavy (non-hydrogen) atoms. The van der Waals surface area contributed by atoms with E-state index in [1.165, 1.54) is 18.2 Å². The van der Waals surface area contributed by atoms with Gasteiger partial charge < -0.3 is 15.5 Å². The lowest BCUT2D eigenvalue weighted by Gasteiger charge is -2.36. The monoisotopic (exact) mass is 336 g/mol. The summed E-state index contributed by atoms with van der Waals surface area (Å²) in [6, 6.07) is 4.17. The smallest absolute Gasteiger partial charge is 0.313 e. The van der Waals surface area contributed by atoms with E-state index in [0.717, 1.165) is 26.2 Å². The molecule has 1 heterocycles. The first-order valence-electron chi connectivity index (χ1n) is 8.14. The van der Waals surface area contributed by atoms with Gasteiger partial charge >= 0.3 is 11.8 Å². The summed E-state index contributed by atoms with van der Waals surface area (Å²) in [5.41, 5.74) is 1.01. The molecule has 0 spiro atoms. The lowest BCUT2D eigenvalue weighted by atomic mass is 10.2. The third-order valence-corrected chi connectivity index (χ3v) is 4.36. The van der Waals surface area contributed by atoms with Crippen LogP contribution in [0.25, 0.3) is 0 Å². The Morgan fingerprint density at radius 3 is 2.50 bits per heavy atom. The quantitative estimate of drug-likeness (QED) is 0.799. The Balaban J connectivity index is 1.80. The third kappa shape index (κ3) is 5.01. The second-order valence-electron chi connectivity index (χ2n) is 6.31. The van der Waals surface area contributed by atoms with Crippen LogP contribution in [0.1, 0.15) is 12.5 Å². The molecule has 2 amide bonds. The first-order valence-corrected chi connectivity index (χ1v) is 8.14. The number of rotatable bonds is 4. The van der Waals surface area contributed by atoms with Crippen molar-refractivity contribution in [2.75, 3.05) is 45.1 Å². The molecule has 0 aromatic heterocycles. The van der Waals surface area contributed by atoms with Gasteiger partial charge in [-0.05, 0) is 44.7 Å². The minimum atomic E-state index is -0.740. The van der Waals surface area contributed by atoms with Crippen molar-refractivity contribution in [3.63, 3.8) is 0 Å². The molecule has 132 valence electrons. The van der Waals surface area contributed by atoms with Gasteiger partial charge in [-0.2, -0.15) is 0 Å². The highest BCUT2D eigenvalue weighted by molar-refractivity contribution is 6.39. The number of carbonyl (C=O) groups is 2. The molecule has 1 aliphatic rings. The Hall–Kier alpha value is -1.99. The maximum Gasteiger partial charge on any atom is 0.313 e. The van der Waals surface area contributed by atoms with Crippen molar-refractivity contribution in [2.24, 2.45) is 0 Å². The minimum absolute atomic E-state index is 0.169. The van der Waals surface area contributed by atoms with E-state index in [9.17, 15) is 14.0 Å². The third-order valence-electron chi connectivity index (χ3n) is 4.36. The summed E-state index contributed by atoms with van der Waals surface area (Å²) in [6.45, 7) is 8.03. The molecular formula is C17H25FN4O2. The second-order valence-corrected chi connectivity index (χ2v) is 6.31. The molecule has 1 aromatic carbocycles. The summed E-state index contributed by atoms with van der Waals surface area (Å²) < 4.78 is 13.1. The van der Waals surface area contributed by atoms with E-state index < -0.39 is 11.8 Å². The van der Waals surface area contributed by atoms with E-state index in [-0.39, 0.29) is 11.9 Å². The molecule has 0 saturated carbocycles. The molecule has 7 heteroatoms. The molecular weight excluding hydrogens is 311 g/mol. The van der Waals surface area contributed by atoms with Crippen LogP contribution in [0.3, 0.4) is 0 Å². The van der Waals surface area contributed by atoms with Crippen molar-refractivity contribution >= 4 is 17.5 Å². The summed E-state index contributed by atoms with van der Waals surface area (Å²) in [7, 11) is 2.09. The largest absolute Gasteiger partial charge is 0.346 e. The minimum Gasteiger partial charge on any atom is -0.346 e. The molecule has 1 aromatic rings. The van der Waals surface area contributed by atoms with Crippen molar-refractivity contribution in [1.29, 1.82) is 0 Å². The van der Waals surface area contributed by atoms with Crippen molar-refractivity contribution in [3.8, 4) is 0 Å². The maximum atomic E-state index is 13.1. The highest BCUT2D eigenvalue weighted by atomic mass is 19.1. The zero-order chi connectivity index (χ0) is 17.7. The van der Waals surface area contributed by atoms with Gasteiger partial charge in [-0.3, -0.25) is 14.5 Å². The van der Waals surface area contributed by atoms with Gasteiger partial charge in [-0.1, -0.05) is 0 Å². The van der Waals surface area contributed by atoms with Crippen LogP contribution in [0.2, 0.25) is 0 Å². The van der Waals surface area contributed by atoms with E-state index in [2.05, 4.69) is 27.5 Å². The van der Waals surface area contributed by atoms with Crippen LogP contribution in [0.5, 0.6) is 0 Å². The summed E-state index contributed by atoms with van der Waals surface area (Å²) in [5.74, 6) is -1.80. The van der Waals surface area contributed by atoms with E-state index in [4.69, 9.17) is 0 Å². The molecule has 0 aliphatic carbocycles. The number of carbonyl (C=O) groups excluding carboxylic acids is 2. The predicted molar refractivity (Wildman–Crippen MR) is 91.3 cm³/mol. The second kappa shape index (κ2) is 8.21. The molecule has 1 atom stereocenters. The Labute approximate surface area is 142 Å². The Bertz CT molecular complexity index is 600. The molecule has 2 rings (SSSR count). The number of nitrogens with zero attached hydrogens (tertiary/aromatic N) is 2. The number of likely N-dealkylation sites (N-methyl/N-ethyl adjacent to an activating group) is 1. The lowest BCUT2D eigenvalue weighted by molar-refractivity contribution is -0.136. The van der Waals surface area contributed by atoms with Gasteiger partial charge in [0.05, 0.1) is 0 Å². The zero-order valence-corrected chi connectivity index (χ0v) is 14.4. The van der Waals surface area contributed by atoms with Crippen LogP contribution < -0.4 is 10.6 Å². The Morgan fingerprint density at radius 2 is 1.88 bits per heavy atom. The standard InChI is InChI=1S/C17H25FN4O2/c1-12-10-14(18)4-5-15(12)20-17(24)16(23)19-11-13(2)22-8-6-21(3)7-9-22/h4-5,10,13H,6-9,11H2,1-3H3,(H,19,23)(H,20,24)/t13-/m1/s1. The molecule has 1 fully saturated rings. The summed E-state index contributed by atoms with van der Waals surface area (Å²) >= 11 is 0. The van der Waals surface area contributed by atoms with Crippen LogP contribution in [0.15, 0.2) is 18.2 Å². The van der Waals surface area contributed by atoms with Crippen molar-refractivity contribution in [3.05, 3.63) is 29.6 Å². The van der Waals surface area contributed by atoms with Crippen molar-refractivity contribution in [2.45, 2.75) is 19.9 Å². The molecule has 1 saturated heterocycles. The highest BCUT2D eigenvalue weighted by Gasteiger charge is 2.21. The van der Waals surface area contributed by atoms with Gasteiger partial charge in [0.2, 0.25) is 0 Å². The Kier molecular flexibility index (Phi) is 6.28. The average Bonchev–Trinajstić information content (AvgIpc) is 2.55. The number of halogens is 1.